The number of carboxylic acid groups (broad SMARTS) is 1. The number of fused-ring (bicyclic) bond motifs is 2. The van der Waals surface area contributed by atoms with Gasteiger partial charge in [0.2, 0.25) is 0 Å². The van der Waals surface area contributed by atoms with Crippen molar-refractivity contribution in [2.45, 2.75) is 32.4 Å². The Bertz CT molecular complexity index is 1440. The maximum atomic E-state index is 11.0. The SMILES string of the molecule is COc1cc(C)c2[nH]ccc2c1Cn1cc2ccc(C#N)c(OC3CCN(CC(=O)O)CC3)c2n1. The third-order valence-corrected chi connectivity index (χ3v) is 6.63. The molecule has 0 atom stereocenters. The molecule has 1 aliphatic rings. The van der Waals surface area contributed by atoms with Crippen LogP contribution in [0.5, 0.6) is 11.5 Å². The number of nitriles is 1. The summed E-state index contributed by atoms with van der Waals surface area (Å²) in [5.74, 6) is 0.466. The predicted octanol–water partition coefficient (Wildman–Crippen LogP) is 3.68. The highest BCUT2D eigenvalue weighted by Crippen LogP contribution is 2.34. The number of nitrogens with one attached hydrogen (secondary N) is 1. The topological polar surface area (TPSA) is 116 Å². The van der Waals surface area contributed by atoms with Crippen LogP contribution in [0.4, 0.5) is 0 Å². The minimum absolute atomic E-state index is 0.0348. The van der Waals surface area contributed by atoms with Crippen molar-refractivity contribution >= 4 is 27.8 Å². The van der Waals surface area contributed by atoms with Crippen molar-refractivity contribution in [2.24, 2.45) is 0 Å². The molecule has 0 unspecified atom stereocenters. The summed E-state index contributed by atoms with van der Waals surface area (Å²) >= 11 is 0. The Balaban J connectivity index is 1.45. The van der Waals surface area contributed by atoms with E-state index in [4.69, 9.17) is 19.7 Å². The summed E-state index contributed by atoms with van der Waals surface area (Å²) in [7, 11) is 1.67. The Hall–Kier alpha value is -4.03. The Labute approximate surface area is 202 Å². The number of hydrogen-bond donors (Lipinski definition) is 2. The highest BCUT2D eigenvalue weighted by atomic mass is 16.5. The van der Waals surface area contributed by atoms with Gasteiger partial charge in [0.15, 0.2) is 5.75 Å². The molecule has 1 fully saturated rings. The lowest BCUT2D eigenvalue weighted by Gasteiger charge is -2.31. The van der Waals surface area contributed by atoms with Crippen molar-refractivity contribution in [3.05, 3.63) is 53.3 Å². The summed E-state index contributed by atoms with van der Waals surface area (Å²) in [5, 5.41) is 25.5. The van der Waals surface area contributed by atoms with Gasteiger partial charge in [-0.2, -0.15) is 10.4 Å². The van der Waals surface area contributed by atoms with Crippen molar-refractivity contribution in [1.82, 2.24) is 19.7 Å². The van der Waals surface area contributed by atoms with Crippen LogP contribution in [0, 0.1) is 18.3 Å². The first-order valence-corrected chi connectivity index (χ1v) is 11.6. The first-order valence-electron chi connectivity index (χ1n) is 11.6. The number of piperidine rings is 1. The van der Waals surface area contributed by atoms with Crippen molar-refractivity contribution in [1.29, 1.82) is 5.26 Å². The van der Waals surface area contributed by atoms with Gasteiger partial charge >= 0.3 is 5.97 Å². The molecule has 5 rings (SSSR count). The predicted molar refractivity (Wildman–Crippen MR) is 131 cm³/mol. The quantitative estimate of drug-likeness (QED) is 0.421. The number of aromatic nitrogens is 3. The minimum Gasteiger partial charge on any atom is -0.496 e. The van der Waals surface area contributed by atoms with E-state index >= 15 is 0 Å². The molecular weight excluding hydrogens is 446 g/mol. The molecule has 9 heteroatoms. The van der Waals surface area contributed by atoms with Crippen LogP contribution in [-0.4, -0.2) is 63.6 Å². The van der Waals surface area contributed by atoms with Crippen LogP contribution in [0.15, 0.2) is 36.7 Å². The van der Waals surface area contributed by atoms with Gasteiger partial charge in [0.25, 0.3) is 0 Å². The molecule has 9 nitrogen and oxygen atoms in total. The molecular formula is C26H27N5O4. The molecule has 0 spiro atoms. The van der Waals surface area contributed by atoms with Crippen molar-refractivity contribution < 1.29 is 19.4 Å². The Morgan fingerprint density at radius 3 is 2.83 bits per heavy atom. The van der Waals surface area contributed by atoms with E-state index in [9.17, 15) is 10.1 Å². The number of carbonyl (C=O) groups is 1. The Morgan fingerprint density at radius 2 is 2.11 bits per heavy atom. The number of ether oxygens (including phenoxy) is 2. The van der Waals surface area contributed by atoms with Crippen LogP contribution in [0.25, 0.3) is 21.8 Å². The zero-order valence-corrected chi connectivity index (χ0v) is 19.7. The van der Waals surface area contributed by atoms with Gasteiger partial charge in [0, 0.05) is 47.3 Å². The largest absolute Gasteiger partial charge is 0.496 e. The summed E-state index contributed by atoms with van der Waals surface area (Å²) in [5.41, 5.74) is 4.29. The summed E-state index contributed by atoms with van der Waals surface area (Å²) in [6.45, 7) is 3.87. The highest BCUT2D eigenvalue weighted by molar-refractivity contribution is 5.89. The molecule has 0 amide bonds. The molecule has 35 heavy (non-hydrogen) atoms. The fourth-order valence-electron chi connectivity index (χ4n) is 4.89. The fraction of sp³-hybridized carbons (Fsp3) is 0.346. The van der Waals surface area contributed by atoms with E-state index in [2.05, 4.69) is 11.1 Å². The first kappa shape index (κ1) is 22.7. The van der Waals surface area contributed by atoms with E-state index < -0.39 is 5.97 Å². The molecule has 2 N–H and O–H groups in total. The van der Waals surface area contributed by atoms with E-state index in [1.807, 2.05) is 47.1 Å². The van der Waals surface area contributed by atoms with Crippen LogP contribution in [-0.2, 0) is 11.3 Å². The maximum absolute atomic E-state index is 11.0. The van der Waals surface area contributed by atoms with Crippen LogP contribution >= 0.6 is 0 Å². The van der Waals surface area contributed by atoms with Crippen LogP contribution in [0.2, 0.25) is 0 Å². The van der Waals surface area contributed by atoms with E-state index in [0.29, 0.717) is 49.3 Å². The summed E-state index contributed by atoms with van der Waals surface area (Å²) < 4.78 is 13.9. The lowest BCUT2D eigenvalue weighted by Crippen LogP contribution is -2.40. The van der Waals surface area contributed by atoms with E-state index in [-0.39, 0.29) is 12.6 Å². The van der Waals surface area contributed by atoms with E-state index in [1.54, 1.807) is 13.2 Å². The van der Waals surface area contributed by atoms with Gasteiger partial charge in [0.1, 0.15) is 23.4 Å². The number of likely N-dealkylation sites (tertiary alicyclic amines) is 1. The normalized spacial score (nSPS) is 14.9. The van der Waals surface area contributed by atoms with Gasteiger partial charge < -0.3 is 19.6 Å². The molecule has 0 bridgehead atoms. The number of carboxylic acids is 1. The molecule has 0 aliphatic carbocycles. The average Bonchev–Trinajstić information content (AvgIpc) is 3.49. The molecule has 3 heterocycles. The van der Waals surface area contributed by atoms with Crippen molar-refractivity contribution in [2.75, 3.05) is 26.7 Å². The molecule has 0 saturated carbocycles. The Kier molecular flexibility index (Phi) is 6.05. The van der Waals surface area contributed by atoms with E-state index in [1.165, 1.54) is 0 Å². The monoisotopic (exact) mass is 473 g/mol. The molecule has 1 aliphatic heterocycles. The van der Waals surface area contributed by atoms with Crippen LogP contribution in [0.1, 0.15) is 29.5 Å². The van der Waals surface area contributed by atoms with Gasteiger partial charge in [0.05, 0.1) is 25.8 Å². The fourth-order valence-corrected chi connectivity index (χ4v) is 4.89. The van der Waals surface area contributed by atoms with Gasteiger partial charge in [-0.3, -0.25) is 14.4 Å². The van der Waals surface area contributed by atoms with Gasteiger partial charge in [-0.25, -0.2) is 0 Å². The van der Waals surface area contributed by atoms with Gasteiger partial charge in [-0.1, -0.05) is 0 Å². The maximum Gasteiger partial charge on any atom is 0.317 e. The average molecular weight is 474 g/mol. The Morgan fingerprint density at radius 1 is 1.31 bits per heavy atom. The number of aryl methyl sites for hydroxylation is 1. The zero-order chi connectivity index (χ0) is 24.5. The number of hydrogen-bond acceptors (Lipinski definition) is 6. The molecule has 0 radical (unpaired) electrons. The summed E-state index contributed by atoms with van der Waals surface area (Å²) in [6, 6.07) is 9.95. The molecule has 180 valence electrons. The lowest BCUT2D eigenvalue weighted by atomic mass is 10.0. The number of rotatable bonds is 7. The third-order valence-electron chi connectivity index (χ3n) is 6.63. The van der Waals surface area contributed by atoms with E-state index in [0.717, 1.165) is 33.2 Å². The lowest BCUT2D eigenvalue weighted by molar-refractivity contribution is -0.138. The molecule has 1 saturated heterocycles. The zero-order valence-electron chi connectivity index (χ0n) is 19.7. The van der Waals surface area contributed by atoms with Crippen LogP contribution < -0.4 is 9.47 Å². The van der Waals surface area contributed by atoms with Crippen molar-refractivity contribution in [3.63, 3.8) is 0 Å². The number of aromatic amines is 1. The van der Waals surface area contributed by atoms with Gasteiger partial charge in [-0.05, 0) is 49.6 Å². The first-order chi connectivity index (χ1) is 17.0. The number of benzene rings is 2. The number of methoxy groups -OCH3 is 1. The molecule has 4 aromatic rings. The minimum atomic E-state index is -0.825. The standard InChI is InChI=1S/C26H27N5O4/c1-16-11-22(34-2)21(20-5-8-28-24(16)20)14-31-13-18-4-3-17(12-27)26(25(18)29-31)35-19-6-9-30(10-7-19)15-23(32)33/h3-5,8,11,13,19,28H,6-7,9-10,14-15H2,1-2H3,(H,32,33). The number of aliphatic carboxylic acids is 1. The highest BCUT2D eigenvalue weighted by Gasteiger charge is 2.24. The summed E-state index contributed by atoms with van der Waals surface area (Å²) in [6.07, 6.45) is 5.17. The second kappa shape index (κ2) is 9.31. The van der Waals surface area contributed by atoms with Gasteiger partial charge in [-0.15, -0.1) is 0 Å². The smallest absolute Gasteiger partial charge is 0.317 e. The third kappa shape index (κ3) is 4.40. The van der Waals surface area contributed by atoms with Crippen LogP contribution in [0.3, 0.4) is 0 Å². The number of nitrogens with zero attached hydrogens (tertiary/aromatic N) is 4. The summed E-state index contributed by atoms with van der Waals surface area (Å²) in [4.78, 5) is 16.2. The van der Waals surface area contributed by atoms with Crippen molar-refractivity contribution in [3.8, 4) is 17.6 Å². The number of H-pyrrole nitrogens is 1. The second-order valence-electron chi connectivity index (χ2n) is 8.95. The molecule has 2 aromatic carbocycles. The molecule has 2 aromatic heterocycles. The second-order valence-corrected chi connectivity index (χ2v) is 8.95.